The van der Waals surface area contributed by atoms with E-state index >= 15 is 0 Å². The highest BCUT2D eigenvalue weighted by Gasteiger charge is 2.07. The lowest BCUT2D eigenvalue weighted by molar-refractivity contribution is 0.885. The molecule has 1 aromatic carbocycles. The van der Waals surface area contributed by atoms with Gasteiger partial charge in [0.25, 0.3) is 0 Å². The zero-order chi connectivity index (χ0) is 11.7. The van der Waals surface area contributed by atoms with Crippen molar-refractivity contribution in [2.75, 3.05) is 5.73 Å². The lowest BCUT2D eigenvalue weighted by Gasteiger charge is -2.03. The second kappa shape index (κ2) is 3.87. The lowest BCUT2D eigenvalue weighted by Crippen LogP contribution is -1.97. The van der Waals surface area contributed by atoms with E-state index in [4.69, 9.17) is 22.6 Å². The molecule has 2 rings (SSSR count). The van der Waals surface area contributed by atoms with Gasteiger partial charge in [-0.15, -0.1) is 0 Å². The van der Waals surface area contributed by atoms with E-state index in [0.717, 1.165) is 5.56 Å². The number of benzene rings is 1. The van der Waals surface area contributed by atoms with Crippen LogP contribution < -0.4 is 5.73 Å². The summed E-state index contributed by atoms with van der Waals surface area (Å²) >= 11 is 6.05. The molecule has 0 fully saturated rings. The van der Waals surface area contributed by atoms with E-state index in [-0.39, 0.29) is 0 Å². The number of aryl methyl sites for hydroxylation is 1. The Balaban J connectivity index is 2.53. The highest BCUT2D eigenvalue weighted by molar-refractivity contribution is 6.32. The number of halogens is 1. The summed E-state index contributed by atoms with van der Waals surface area (Å²) in [4.78, 5) is 0. The first kappa shape index (κ1) is 10.5. The molecule has 2 aromatic rings. The average molecular weight is 233 g/mol. The molecule has 0 spiro atoms. The molecular weight excluding hydrogens is 224 g/mol. The molecule has 4 nitrogen and oxygen atoms in total. The number of nitrogens with zero attached hydrogens (tertiary/aromatic N) is 3. The summed E-state index contributed by atoms with van der Waals surface area (Å²) in [5.41, 5.74) is 7.77. The van der Waals surface area contributed by atoms with Crippen LogP contribution in [0.15, 0.2) is 24.4 Å². The topological polar surface area (TPSA) is 67.6 Å². The molecule has 0 aliphatic carbocycles. The van der Waals surface area contributed by atoms with Crippen LogP contribution >= 0.6 is 11.6 Å². The van der Waals surface area contributed by atoms with Gasteiger partial charge in [-0.1, -0.05) is 11.6 Å². The van der Waals surface area contributed by atoms with Crippen molar-refractivity contribution in [3.8, 4) is 11.8 Å². The maximum atomic E-state index is 8.72. The van der Waals surface area contributed by atoms with Gasteiger partial charge in [0.1, 0.15) is 5.82 Å². The van der Waals surface area contributed by atoms with Crippen LogP contribution in [0.4, 0.5) is 5.82 Å². The van der Waals surface area contributed by atoms with Crippen LogP contribution in [-0.4, -0.2) is 9.78 Å². The van der Waals surface area contributed by atoms with E-state index in [2.05, 4.69) is 5.10 Å². The van der Waals surface area contributed by atoms with Crippen molar-refractivity contribution in [2.45, 2.75) is 6.92 Å². The summed E-state index contributed by atoms with van der Waals surface area (Å²) < 4.78 is 1.61. The van der Waals surface area contributed by atoms with E-state index in [9.17, 15) is 0 Å². The van der Waals surface area contributed by atoms with E-state index in [1.165, 1.54) is 0 Å². The van der Waals surface area contributed by atoms with Crippen LogP contribution in [0.2, 0.25) is 5.02 Å². The van der Waals surface area contributed by atoms with Crippen molar-refractivity contribution in [2.24, 2.45) is 0 Å². The van der Waals surface area contributed by atoms with Gasteiger partial charge >= 0.3 is 0 Å². The van der Waals surface area contributed by atoms with Crippen molar-refractivity contribution in [1.82, 2.24) is 9.78 Å². The third-order valence-corrected chi connectivity index (χ3v) is 2.56. The number of nitriles is 1. The minimum atomic E-state index is 0.473. The number of nitrogen functional groups attached to an aromatic ring is 1. The van der Waals surface area contributed by atoms with E-state index < -0.39 is 0 Å². The minimum absolute atomic E-state index is 0.473. The molecule has 2 N–H and O–H groups in total. The summed E-state index contributed by atoms with van der Waals surface area (Å²) in [6.45, 7) is 1.87. The first-order valence-corrected chi connectivity index (χ1v) is 5.01. The van der Waals surface area contributed by atoms with Gasteiger partial charge in [0.2, 0.25) is 0 Å². The Morgan fingerprint density at radius 1 is 1.50 bits per heavy atom. The summed E-state index contributed by atoms with van der Waals surface area (Å²) in [6.07, 6.45) is 1.79. The Bertz CT molecular complexity index is 561. The van der Waals surface area contributed by atoms with Gasteiger partial charge in [-0.2, -0.15) is 10.4 Å². The predicted molar refractivity (Wildman–Crippen MR) is 62.4 cm³/mol. The van der Waals surface area contributed by atoms with E-state index in [0.29, 0.717) is 22.1 Å². The SMILES string of the molecule is Cc1cn(-c2ccc(C#N)cc2Cl)nc1N. The third kappa shape index (κ3) is 1.73. The molecule has 5 heteroatoms. The van der Waals surface area contributed by atoms with Gasteiger partial charge in [0.05, 0.1) is 22.3 Å². The van der Waals surface area contributed by atoms with Crippen molar-refractivity contribution in [3.05, 3.63) is 40.5 Å². The molecule has 0 aliphatic heterocycles. The Morgan fingerprint density at radius 2 is 2.25 bits per heavy atom. The molecule has 0 aliphatic rings. The Morgan fingerprint density at radius 3 is 2.75 bits per heavy atom. The maximum absolute atomic E-state index is 8.72. The highest BCUT2D eigenvalue weighted by Crippen LogP contribution is 2.22. The number of aromatic nitrogens is 2. The number of anilines is 1. The Labute approximate surface area is 97.9 Å². The molecule has 0 saturated heterocycles. The lowest BCUT2D eigenvalue weighted by atomic mass is 10.2. The zero-order valence-corrected chi connectivity index (χ0v) is 9.36. The number of nitrogens with two attached hydrogens (primary N) is 1. The fourth-order valence-electron chi connectivity index (χ4n) is 1.36. The number of hydrogen-bond acceptors (Lipinski definition) is 3. The monoisotopic (exact) mass is 232 g/mol. The first-order valence-electron chi connectivity index (χ1n) is 4.63. The molecule has 0 atom stereocenters. The second-order valence-corrected chi connectivity index (χ2v) is 3.83. The van der Waals surface area contributed by atoms with Gasteiger partial charge in [-0.05, 0) is 25.1 Å². The summed E-state index contributed by atoms with van der Waals surface area (Å²) in [6, 6.07) is 7.06. The molecule has 16 heavy (non-hydrogen) atoms. The summed E-state index contributed by atoms with van der Waals surface area (Å²) in [5.74, 6) is 0.473. The molecule has 0 unspecified atom stereocenters. The van der Waals surface area contributed by atoms with Crippen molar-refractivity contribution in [1.29, 1.82) is 5.26 Å². The van der Waals surface area contributed by atoms with Gasteiger partial charge in [0.15, 0.2) is 0 Å². The molecule has 1 aromatic heterocycles. The Kier molecular flexibility index (Phi) is 2.55. The van der Waals surface area contributed by atoms with Gasteiger partial charge < -0.3 is 5.73 Å². The molecule has 0 radical (unpaired) electrons. The Hall–Kier alpha value is -1.99. The normalized spacial score (nSPS) is 10.1. The van der Waals surface area contributed by atoms with Crippen LogP contribution in [0.25, 0.3) is 5.69 Å². The smallest absolute Gasteiger partial charge is 0.148 e. The van der Waals surface area contributed by atoms with E-state index in [1.807, 2.05) is 13.0 Å². The van der Waals surface area contributed by atoms with Gasteiger partial charge in [0, 0.05) is 11.8 Å². The fraction of sp³-hybridized carbons (Fsp3) is 0.0909. The molecular formula is C11H9ClN4. The van der Waals surface area contributed by atoms with Crippen LogP contribution in [0, 0.1) is 18.3 Å². The predicted octanol–water partition coefficient (Wildman–Crippen LogP) is 2.29. The van der Waals surface area contributed by atoms with Crippen LogP contribution in [0.5, 0.6) is 0 Å². The fourth-order valence-corrected chi connectivity index (χ4v) is 1.63. The number of rotatable bonds is 1. The third-order valence-electron chi connectivity index (χ3n) is 2.26. The zero-order valence-electron chi connectivity index (χ0n) is 8.61. The number of hydrogen-bond donors (Lipinski definition) is 1. The van der Waals surface area contributed by atoms with Crippen molar-refractivity contribution >= 4 is 17.4 Å². The summed E-state index contributed by atoms with van der Waals surface area (Å²) in [7, 11) is 0. The maximum Gasteiger partial charge on any atom is 0.148 e. The second-order valence-electron chi connectivity index (χ2n) is 3.42. The molecule has 1 heterocycles. The quantitative estimate of drug-likeness (QED) is 0.820. The summed E-state index contributed by atoms with van der Waals surface area (Å²) in [5, 5.41) is 13.3. The molecule has 0 saturated carbocycles. The molecule has 80 valence electrons. The van der Waals surface area contributed by atoms with Crippen LogP contribution in [0.3, 0.4) is 0 Å². The van der Waals surface area contributed by atoms with Crippen molar-refractivity contribution < 1.29 is 0 Å². The molecule has 0 bridgehead atoms. The van der Waals surface area contributed by atoms with Gasteiger partial charge in [-0.25, -0.2) is 4.68 Å². The van der Waals surface area contributed by atoms with Crippen molar-refractivity contribution in [3.63, 3.8) is 0 Å². The minimum Gasteiger partial charge on any atom is -0.382 e. The van der Waals surface area contributed by atoms with Crippen LogP contribution in [0.1, 0.15) is 11.1 Å². The first-order chi connectivity index (χ1) is 7.61. The van der Waals surface area contributed by atoms with E-state index in [1.54, 1.807) is 29.1 Å². The average Bonchev–Trinajstić information content (AvgIpc) is 2.58. The van der Waals surface area contributed by atoms with Gasteiger partial charge in [-0.3, -0.25) is 0 Å². The largest absolute Gasteiger partial charge is 0.382 e. The van der Waals surface area contributed by atoms with Crippen LogP contribution in [-0.2, 0) is 0 Å². The molecule has 0 amide bonds. The highest BCUT2D eigenvalue weighted by atomic mass is 35.5. The standard InChI is InChI=1S/C11H9ClN4/c1-7-6-16(15-11(7)14)10-3-2-8(5-13)4-9(10)12/h2-4,6H,1H3,(H2,14,15).